The molecule has 1 saturated heterocycles. The van der Waals surface area contributed by atoms with Gasteiger partial charge in [-0.25, -0.2) is 0 Å². The zero-order chi connectivity index (χ0) is 13.5. The van der Waals surface area contributed by atoms with Crippen LogP contribution in [0, 0.1) is 12.3 Å². The highest BCUT2D eigenvalue weighted by Crippen LogP contribution is 2.16. The standard InChI is InChI=1S/C16H19NO2/c1-2-13-19-15-9-7-14(8-10-15)16(18)17-11-5-3-4-6-12-17/h1,7-10H,3-6,11-13H2. The van der Waals surface area contributed by atoms with Crippen LogP contribution in [0.4, 0.5) is 0 Å². The van der Waals surface area contributed by atoms with Crippen molar-refractivity contribution in [1.29, 1.82) is 0 Å². The van der Waals surface area contributed by atoms with Crippen molar-refractivity contribution in [3.05, 3.63) is 29.8 Å². The van der Waals surface area contributed by atoms with Crippen molar-refractivity contribution < 1.29 is 9.53 Å². The van der Waals surface area contributed by atoms with Crippen LogP contribution >= 0.6 is 0 Å². The number of likely N-dealkylation sites (tertiary alicyclic amines) is 1. The second kappa shape index (κ2) is 6.84. The third-order valence-electron chi connectivity index (χ3n) is 3.32. The molecule has 1 amide bonds. The van der Waals surface area contributed by atoms with Crippen LogP contribution in [-0.4, -0.2) is 30.5 Å². The van der Waals surface area contributed by atoms with Gasteiger partial charge in [0.05, 0.1) is 0 Å². The minimum absolute atomic E-state index is 0.116. The van der Waals surface area contributed by atoms with Crippen molar-refractivity contribution in [3.8, 4) is 18.1 Å². The lowest BCUT2D eigenvalue weighted by Gasteiger charge is -2.20. The maximum absolute atomic E-state index is 12.3. The molecule has 1 aromatic carbocycles. The van der Waals surface area contributed by atoms with Crippen molar-refractivity contribution in [3.63, 3.8) is 0 Å². The first-order valence-corrected chi connectivity index (χ1v) is 6.77. The molecule has 0 aliphatic carbocycles. The summed E-state index contributed by atoms with van der Waals surface area (Å²) >= 11 is 0. The van der Waals surface area contributed by atoms with Gasteiger partial charge < -0.3 is 9.64 Å². The molecule has 0 radical (unpaired) electrons. The van der Waals surface area contributed by atoms with Gasteiger partial charge in [0.25, 0.3) is 5.91 Å². The molecule has 3 heteroatoms. The Morgan fingerprint density at radius 2 is 1.79 bits per heavy atom. The average Bonchev–Trinajstić information content (AvgIpc) is 2.74. The number of carbonyl (C=O) groups is 1. The van der Waals surface area contributed by atoms with Crippen LogP contribution in [0.1, 0.15) is 36.0 Å². The number of nitrogens with zero attached hydrogens (tertiary/aromatic N) is 1. The molecule has 0 spiro atoms. The van der Waals surface area contributed by atoms with Crippen LogP contribution in [0.3, 0.4) is 0 Å². The van der Waals surface area contributed by atoms with Crippen LogP contribution in [-0.2, 0) is 0 Å². The molecule has 3 nitrogen and oxygen atoms in total. The predicted molar refractivity (Wildman–Crippen MR) is 75.1 cm³/mol. The summed E-state index contributed by atoms with van der Waals surface area (Å²) in [7, 11) is 0. The fourth-order valence-electron chi connectivity index (χ4n) is 2.28. The van der Waals surface area contributed by atoms with Crippen molar-refractivity contribution in [2.24, 2.45) is 0 Å². The van der Waals surface area contributed by atoms with Gasteiger partial charge in [0, 0.05) is 18.7 Å². The number of carbonyl (C=O) groups excluding carboxylic acids is 1. The first kappa shape index (κ1) is 13.5. The maximum atomic E-state index is 12.3. The highest BCUT2D eigenvalue weighted by atomic mass is 16.5. The van der Waals surface area contributed by atoms with Gasteiger partial charge in [0.15, 0.2) is 0 Å². The Morgan fingerprint density at radius 3 is 2.37 bits per heavy atom. The molecule has 1 aliphatic rings. The summed E-state index contributed by atoms with van der Waals surface area (Å²) in [6, 6.07) is 7.20. The van der Waals surface area contributed by atoms with Crippen molar-refractivity contribution >= 4 is 5.91 Å². The summed E-state index contributed by atoms with van der Waals surface area (Å²) < 4.78 is 5.29. The maximum Gasteiger partial charge on any atom is 0.253 e. The van der Waals surface area contributed by atoms with E-state index in [1.54, 1.807) is 24.3 Å². The van der Waals surface area contributed by atoms with E-state index >= 15 is 0 Å². The van der Waals surface area contributed by atoms with Gasteiger partial charge in [-0.05, 0) is 37.1 Å². The van der Waals surface area contributed by atoms with E-state index in [4.69, 9.17) is 11.2 Å². The number of benzene rings is 1. The Kier molecular flexibility index (Phi) is 4.85. The first-order valence-electron chi connectivity index (χ1n) is 6.77. The third-order valence-corrected chi connectivity index (χ3v) is 3.32. The summed E-state index contributed by atoms with van der Waals surface area (Å²) in [6.45, 7) is 1.99. The van der Waals surface area contributed by atoms with E-state index in [-0.39, 0.29) is 12.5 Å². The molecule has 1 aromatic rings. The highest BCUT2D eigenvalue weighted by molar-refractivity contribution is 5.94. The average molecular weight is 257 g/mol. The van der Waals surface area contributed by atoms with E-state index in [0.717, 1.165) is 31.5 Å². The Labute approximate surface area is 114 Å². The van der Waals surface area contributed by atoms with Gasteiger partial charge >= 0.3 is 0 Å². The largest absolute Gasteiger partial charge is 0.481 e. The summed E-state index contributed by atoms with van der Waals surface area (Å²) in [6.07, 6.45) is 9.79. The predicted octanol–water partition coefficient (Wildman–Crippen LogP) is 2.71. The quantitative estimate of drug-likeness (QED) is 0.779. The number of rotatable bonds is 3. The molecule has 0 saturated carbocycles. The zero-order valence-electron chi connectivity index (χ0n) is 11.1. The number of amides is 1. The fourth-order valence-corrected chi connectivity index (χ4v) is 2.28. The van der Waals surface area contributed by atoms with E-state index in [1.807, 2.05) is 4.90 Å². The van der Waals surface area contributed by atoms with E-state index in [1.165, 1.54) is 12.8 Å². The molecular formula is C16H19NO2. The topological polar surface area (TPSA) is 29.5 Å². The second-order valence-corrected chi connectivity index (χ2v) is 4.72. The molecule has 19 heavy (non-hydrogen) atoms. The van der Waals surface area contributed by atoms with Gasteiger partial charge in [-0.15, -0.1) is 6.42 Å². The SMILES string of the molecule is C#CCOc1ccc(C(=O)N2CCCCCC2)cc1. The van der Waals surface area contributed by atoms with Crippen LogP contribution in [0.25, 0.3) is 0 Å². The molecule has 0 unspecified atom stereocenters. The summed E-state index contributed by atoms with van der Waals surface area (Å²) in [4.78, 5) is 14.3. The summed E-state index contributed by atoms with van der Waals surface area (Å²) in [5.74, 6) is 3.23. The van der Waals surface area contributed by atoms with Gasteiger partial charge in [-0.1, -0.05) is 18.8 Å². The Morgan fingerprint density at radius 1 is 1.16 bits per heavy atom. The Balaban J connectivity index is 2.00. The number of hydrogen-bond acceptors (Lipinski definition) is 2. The van der Waals surface area contributed by atoms with Crippen molar-refractivity contribution in [1.82, 2.24) is 4.90 Å². The molecule has 0 N–H and O–H groups in total. The molecule has 2 rings (SSSR count). The molecule has 100 valence electrons. The molecule has 0 bridgehead atoms. The Bertz CT molecular complexity index is 451. The molecule has 1 fully saturated rings. The van der Waals surface area contributed by atoms with Crippen LogP contribution in [0.2, 0.25) is 0 Å². The van der Waals surface area contributed by atoms with E-state index in [9.17, 15) is 4.79 Å². The molecule has 1 heterocycles. The summed E-state index contributed by atoms with van der Waals surface area (Å²) in [5, 5.41) is 0. The normalized spacial score (nSPS) is 15.4. The highest BCUT2D eigenvalue weighted by Gasteiger charge is 2.16. The van der Waals surface area contributed by atoms with Crippen LogP contribution in [0.15, 0.2) is 24.3 Å². The summed E-state index contributed by atoms with van der Waals surface area (Å²) in [5.41, 5.74) is 0.718. The molecule has 1 aliphatic heterocycles. The van der Waals surface area contributed by atoms with E-state index in [2.05, 4.69) is 5.92 Å². The number of terminal acetylenes is 1. The monoisotopic (exact) mass is 257 g/mol. The van der Waals surface area contributed by atoms with Gasteiger partial charge in [-0.3, -0.25) is 4.79 Å². The van der Waals surface area contributed by atoms with Crippen LogP contribution < -0.4 is 4.74 Å². The Hall–Kier alpha value is -1.95. The van der Waals surface area contributed by atoms with E-state index < -0.39 is 0 Å². The van der Waals surface area contributed by atoms with Gasteiger partial charge in [0.2, 0.25) is 0 Å². The lowest BCUT2D eigenvalue weighted by molar-refractivity contribution is 0.0761. The first-order chi connectivity index (χ1) is 9.31. The second-order valence-electron chi connectivity index (χ2n) is 4.72. The molecular weight excluding hydrogens is 238 g/mol. The minimum atomic E-state index is 0.116. The lowest BCUT2D eigenvalue weighted by Crippen LogP contribution is -2.31. The molecule has 0 aromatic heterocycles. The van der Waals surface area contributed by atoms with Crippen LogP contribution in [0.5, 0.6) is 5.75 Å². The van der Waals surface area contributed by atoms with Crippen molar-refractivity contribution in [2.75, 3.05) is 19.7 Å². The minimum Gasteiger partial charge on any atom is -0.481 e. The fraction of sp³-hybridized carbons (Fsp3) is 0.438. The van der Waals surface area contributed by atoms with E-state index in [0.29, 0.717) is 5.75 Å². The lowest BCUT2D eigenvalue weighted by atomic mass is 10.2. The van der Waals surface area contributed by atoms with Gasteiger partial charge in [-0.2, -0.15) is 0 Å². The molecule has 0 atom stereocenters. The third kappa shape index (κ3) is 3.75. The number of hydrogen-bond donors (Lipinski definition) is 0. The van der Waals surface area contributed by atoms with Gasteiger partial charge in [0.1, 0.15) is 12.4 Å². The smallest absolute Gasteiger partial charge is 0.253 e. The number of ether oxygens (including phenoxy) is 1. The van der Waals surface area contributed by atoms with Crippen molar-refractivity contribution in [2.45, 2.75) is 25.7 Å². The zero-order valence-corrected chi connectivity index (χ0v) is 11.1.